The fourth-order valence-electron chi connectivity index (χ4n) is 3.16. The number of aryl methyl sites for hydroxylation is 2. The number of urea groups is 1. The number of rotatable bonds is 6. The third-order valence-electron chi connectivity index (χ3n) is 4.54. The molecule has 30 heavy (non-hydrogen) atoms. The zero-order chi connectivity index (χ0) is 20.9. The number of hydrogen-bond donors (Lipinski definition) is 2. The minimum atomic E-state index is -0.289. The summed E-state index contributed by atoms with van der Waals surface area (Å²) in [5.74, 6) is 1.62. The molecule has 0 bridgehead atoms. The van der Waals surface area contributed by atoms with Crippen LogP contribution >= 0.6 is 11.8 Å². The van der Waals surface area contributed by atoms with Gasteiger partial charge in [0, 0.05) is 29.8 Å². The van der Waals surface area contributed by atoms with Crippen molar-refractivity contribution in [3.05, 3.63) is 72.3 Å². The molecule has 4 aromatic rings. The summed E-state index contributed by atoms with van der Waals surface area (Å²) in [5.41, 5.74) is 4.25. The van der Waals surface area contributed by atoms with E-state index in [1.54, 1.807) is 18.0 Å². The highest BCUT2D eigenvalue weighted by molar-refractivity contribution is 7.98. The number of imidazole rings is 1. The molecule has 152 valence electrons. The third kappa shape index (κ3) is 4.60. The number of benzene rings is 2. The molecule has 0 aliphatic rings. The minimum absolute atomic E-state index is 0.289. The Morgan fingerprint density at radius 2 is 1.83 bits per heavy atom. The topological polar surface area (TPSA) is 84.7 Å². The van der Waals surface area contributed by atoms with E-state index in [4.69, 9.17) is 4.98 Å². The summed E-state index contributed by atoms with van der Waals surface area (Å²) < 4.78 is 2.17. The Hall–Kier alpha value is -3.39. The number of thioether (sulfide) groups is 1. The van der Waals surface area contributed by atoms with Crippen LogP contribution in [0.3, 0.4) is 0 Å². The molecule has 0 radical (unpaired) electrons. The molecule has 0 aliphatic carbocycles. The van der Waals surface area contributed by atoms with Gasteiger partial charge in [0.05, 0.1) is 16.8 Å². The Morgan fingerprint density at radius 1 is 1.03 bits per heavy atom. The number of fused-ring (bicyclic) bond motifs is 1. The molecule has 2 heterocycles. The van der Waals surface area contributed by atoms with Gasteiger partial charge >= 0.3 is 6.03 Å². The van der Waals surface area contributed by atoms with Crippen LogP contribution in [0.25, 0.3) is 11.0 Å². The molecule has 2 amide bonds. The highest BCUT2D eigenvalue weighted by Gasteiger charge is 2.12. The van der Waals surface area contributed by atoms with E-state index in [1.165, 1.54) is 0 Å². The van der Waals surface area contributed by atoms with E-state index in [-0.39, 0.29) is 6.03 Å². The fraction of sp³-hybridized carbons (Fsp3) is 0.182. The van der Waals surface area contributed by atoms with E-state index in [0.29, 0.717) is 11.4 Å². The predicted molar refractivity (Wildman–Crippen MR) is 121 cm³/mol. The van der Waals surface area contributed by atoms with Gasteiger partial charge in [-0.15, -0.1) is 0 Å². The van der Waals surface area contributed by atoms with Gasteiger partial charge in [-0.2, -0.15) is 0 Å². The van der Waals surface area contributed by atoms with Gasteiger partial charge < -0.3 is 15.2 Å². The Labute approximate surface area is 179 Å². The quantitative estimate of drug-likeness (QED) is 0.336. The molecule has 2 aromatic heterocycles. The van der Waals surface area contributed by atoms with Gasteiger partial charge in [-0.05, 0) is 50.2 Å². The number of nitrogens with zero attached hydrogens (tertiary/aromatic N) is 4. The SMILES string of the molecule is CCn1c(CSc2nccc(C)n2)nc2cc(NC(=O)Nc3ccccc3)ccc21. The Balaban J connectivity index is 1.50. The maximum atomic E-state index is 12.3. The average molecular weight is 419 g/mol. The van der Waals surface area contributed by atoms with E-state index in [9.17, 15) is 4.79 Å². The smallest absolute Gasteiger partial charge is 0.323 e. The second kappa shape index (κ2) is 8.96. The molecule has 0 aliphatic heterocycles. The largest absolute Gasteiger partial charge is 0.328 e. The van der Waals surface area contributed by atoms with Crippen LogP contribution in [0.2, 0.25) is 0 Å². The number of hydrogen-bond acceptors (Lipinski definition) is 5. The first-order valence-electron chi connectivity index (χ1n) is 9.67. The van der Waals surface area contributed by atoms with Gasteiger partial charge in [0.15, 0.2) is 5.16 Å². The number of nitrogens with one attached hydrogen (secondary N) is 2. The van der Waals surface area contributed by atoms with E-state index in [2.05, 4.69) is 32.1 Å². The molecule has 0 atom stereocenters. The zero-order valence-electron chi connectivity index (χ0n) is 16.8. The maximum absolute atomic E-state index is 12.3. The summed E-state index contributed by atoms with van der Waals surface area (Å²) in [6.07, 6.45) is 1.77. The standard InChI is InChI=1S/C22H22N6OS/c1-3-28-19-10-9-17(26-21(29)25-16-7-5-4-6-8-16)13-18(19)27-20(28)14-30-22-23-12-11-15(2)24-22/h4-13H,3,14H2,1-2H3,(H2,25,26,29). The van der Waals surface area contributed by atoms with Crippen molar-refractivity contribution in [2.24, 2.45) is 0 Å². The lowest BCUT2D eigenvalue weighted by Gasteiger charge is -2.08. The van der Waals surface area contributed by atoms with E-state index >= 15 is 0 Å². The number of amides is 2. The van der Waals surface area contributed by atoms with Crippen LogP contribution in [-0.4, -0.2) is 25.6 Å². The lowest BCUT2D eigenvalue weighted by atomic mass is 10.2. The number of carbonyl (C=O) groups excluding carboxylic acids is 1. The van der Waals surface area contributed by atoms with Gasteiger partial charge in [-0.3, -0.25) is 0 Å². The predicted octanol–water partition coefficient (Wildman–Crippen LogP) is 5.09. The summed E-state index contributed by atoms with van der Waals surface area (Å²) in [4.78, 5) is 25.8. The first kappa shape index (κ1) is 19.9. The van der Waals surface area contributed by atoms with Crippen LogP contribution in [0.1, 0.15) is 18.4 Å². The molecule has 2 N–H and O–H groups in total. The lowest BCUT2D eigenvalue weighted by molar-refractivity contribution is 0.262. The van der Waals surface area contributed by atoms with Crippen LogP contribution in [0, 0.1) is 6.92 Å². The molecule has 0 unspecified atom stereocenters. The van der Waals surface area contributed by atoms with Gasteiger partial charge in [0.1, 0.15) is 5.82 Å². The summed E-state index contributed by atoms with van der Waals surface area (Å²) in [6, 6.07) is 16.7. The van der Waals surface area contributed by atoms with Crippen molar-refractivity contribution in [1.82, 2.24) is 19.5 Å². The highest BCUT2D eigenvalue weighted by atomic mass is 32.2. The van der Waals surface area contributed by atoms with Crippen LogP contribution in [0.4, 0.5) is 16.2 Å². The summed E-state index contributed by atoms with van der Waals surface area (Å²) in [6.45, 7) is 4.86. The van der Waals surface area contributed by atoms with Crippen molar-refractivity contribution >= 4 is 40.2 Å². The van der Waals surface area contributed by atoms with Crippen molar-refractivity contribution in [1.29, 1.82) is 0 Å². The maximum Gasteiger partial charge on any atom is 0.323 e. The normalized spacial score (nSPS) is 10.9. The lowest BCUT2D eigenvalue weighted by Crippen LogP contribution is -2.19. The molecular formula is C22H22N6OS. The van der Waals surface area contributed by atoms with E-state index in [0.717, 1.165) is 39.9 Å². The van der Waals surface area contributed by atoms with Crippen molar-refractivity contribution in [2.75, 3.05) is 10.6 Å². The molecular weight excluding hydrogens is 396 g/mol. The zero-order valence-corrected chi connectivity index (χ0v) is 17.6. The fourth-order valence-corrected chi connectivity index (χ4v) is 3.98. The third-order valence-corrected chi connectivity index (χ3v) is 5.39. The average Bonchev–Trinajstić information content (AvgIpc) is 3.09. The second-order valence-corrected chi connectivity index (χ2v) is 7.63. The van der Waals surface area contributed by atoms with Crippen molar-refractivity contribution in [2.45, 2.75) is 31.3 Å². The second-order valence-electron chi connectivity index (χ2n) is 6.69. The van der Waals surface area contributed by atoms with E-state index in [1.807, 2.05) is 61.5 Å². The first-order valence-corrected chi connectivity index (χ1v) is 10.7. The number of aromatic nitrogens is 4. The summed E-state index contributed by atoms with van der Waals surface area (Å²) in [5, 5.41) is 6.43. The van der Waals surface area contributed by atoms with Crippen molar-refractivity contribution < 1.29 is 4.79 Å². The van der Waals surface area contributed by atoms with Crippen LogP contribution in [0.5, 0.6) is 0 Å². The molecule has 2 aromatic carbocycles. The van der Waals surface area contributed by atoms with Crippen molar-refractivity contribution in [3.8, 4) is 0 Å². The van der Waals surface area contributed by atoms with Gasteiger partial charge in [-0.1, -0.05) is 30.0 Å². The van der Waals surface area contributed by atoms with Crippen LogP contribution in [0.15, 0.2) is 66.0 Å². The van der Waals surface area contributed by atoms with Gasteiger partial charge in [0.2, 0.25) is 0 Å². The van der Waals surface area contributed by atoms with Gasteiger partial charge in [-0.25, -0.2) is 19.7 Å². The Kier molecular flexibility index (Phi) is 5.94. The molecule has 7 nitrogen and oxygen atoms in total. The molecule has 4 rings (SSSR count). The van der Waals surface area contributed by atoms with Crippen molar-refractivity contribution in [3.63, 3.8) is 0 Å². The van der Waals surface area contributed by atoms with Crippen LogP contribution < -0.4 is 10.6 Å². The number of carbonyl (C=O) groups is 1. The summed E-state index contributed by atoms with van der Waals surface area (Å²) >= 11 is 1.56. The number of para-hydroxylation sites is 1. The molecule has 0 fully saturated rings. The molecule has 0 saturated carbocycles. The first-order chi connectivity index (χ1) is 14.6. The van der Waals surface area contributed by atoms with Crippen LogP contribution in [-0.2, 0) is 12.3 Å². The summed E-state index contributed by atoms with van der Waals surface area (Å²) in [7, 11) is 0. The molecule has 8 heteroatoms. The number of anilines is 2. The highest BCUT2D eigenvalue weighted by Crippen LogP contribution is 2.25. The Bertz CT molecular complexity index is 1170. The monoisotopic (exact) mass is 418 g/mol. The van der Waals surface area contributed by atoms with E-state index < -0.39 is 0 Å². The Morgan fingerprint density at radius 3 is 2.60 bits per heavy atom. The molecule has 0 spiro atoms. The van der Waals surface area contributed by atoms with Gasteiger partial charge in [0.25, 0.3) is 0 Å². The molecule has 0 saturated heterocycles. The minimum Gasteiger partial charge on any atom is -0.328 e.